The summed E-state index contributed by atoms with van der Waals surface area (Å²) in [4.78, 5) is 21.6. The molecular weight excluding hydrogens is 224 g/mol. The van der Waals surface area contributed by atoms with E-state index in [2.05, 4.69) is 10.7 Å². The third-order valence-corrected chi connectivity index (χ3v) is 1.99. The second-order valence-corrected chi connectivity index (χ2v) is 3.72. The van der Waals surface area contributed by atoms with E-state index in [1.54, 1.807) is 33.2 Å². The van der Waals surface area contributed by atoms with E-state index in [0.29, 0.717) is 11.3 Å². The number of aryl methyl sites for hydroxylation is 1. The number of carbonyl (C=O) groups is 1. The lowest BCUT2D eigenvalue weighted by molar-refractivity contribution is -0.385. The van der Waals surface area contributed by atoms with Gasteiger partial charge in [-0.1, -0.05) is 6.07 Å². The largest absolute Gasteiger partial charge is 0.333 e. The van der Waals surface area contributed by atoms with E-state index >= 15 is 0 Å². The van der Waals surface area contributed by atoms with Crippen LogP contribution in [-0.4, -0.2) is 30.1 Å². The lowest BCUT2D eigenvalue weighted by Gasteiger charge is -2.12. The van der Waals surface area contributed by atoms with Gasteiger partial charge in [0, 0.05) is 31.4 Å². The molecule has 0 aromatic heterocycles. The Morgan fingerprint density at radius 2 is 2.06 bits per heavy atom. The fourth-order valence-corrected chi connectivity index (χ4v) is 1.25. The zero-order valence-corrected chi connectivity index (χ0v) is 9.85. The van der Waals surface area contributed by atoms with Crippen molar-refractivity contribution >= 4 is 17.4 Å². The van der Waals surface area contributed by atoms with Gasteiger partial charge < -0.3 is 5.32 Å². The van der Waals surface area contributed by atoms with E-state index in [-0.39, 0.29) is 5.69 Å². The number of carbonyl (C=O) groups excluding carboxylic acids is 1. The van der Waals surface area contributed by atoms with Gasteiger partial charge in [0.05, 0.1) is 4.92 Å². The van der Waals surface area contributed by atoms with Crippen LogP contribution in [0.15, 0.2) is 18.2 Å². The Morgan fingerprint density at radius 3 is 2.59 bits per heavy atom. The number of nitro benzene ring substituents is 1. The first-order valence-corrected chi connectivity index (χ1v) is 4.90. The van der Waals surface area contributed by atoms with Crippen molar-refractivity contribution in [3.05, 3.63) is 33.9 Å². The number of anilines is 1. The molecule has 1 aromatic rings. The van der Waals surface area contributed by atoms with Gasteiger partial charge in [-0.15, -0.1) is 0 Å². The number of urea groups is 1. The quantitative estimate of drug-likeness (QED) is 0.617. The number of hydrogen-bond acceptors (Lipinski definition) is 4. The van der Waals surface area contributed by atoms with Crippen molar-refractivity contribution in [2.75, 3.05) is 19.4 Å². The topological polar surface area (TPSA) is 87.5 Å². The minimum Gasteiger partial charge on any atom is -0.307 e. The molecule has 0 aliphatic heterocycles. The summed E-state index contributed by atoms with van der Waals surface area (Å²) in [6.45, 7) is 1.64. The van der Waals surface area contributed by atoms with Crippen molar-refractivity contribution in [2.24, 2.45) is 0 Å². The van der Waals surface area contributed by atoms with Crippen LogP contribution in [0.25, 0.3) is 0 Å². The van der Waals surface area contributed by atoms with Gasteiger partial charge >= 0.3 is 6.03 Å². The summed E-state index contributed by atoms with van der Waals surface area (Å²) >= 11 is 0. The zero-order valence-electron chi connectivity index (χ0n) is 9.85. The second kappa shape index (κ2) is 5.26. The Hall–Kier alpha value is -2.15. The van der Waals surface area contributed by atoms with Crippen LogP contribution in [0.4, 0.5) is 16.2 Å². The number of hydrazine groups is 1. The Morgan fingerprint density at radius 1 is 1.41 bits per heavy atom. The van der Waals surface area contributed by atoms with Crippen LogP contribution in [0.1, 0.15) is 5.56 Å². The highest BCUT2D eigenvalue weighted by Gasteiger charge is 2.12. The maximum absolute atomic E-state index is 11.4. The van der Waals surface area contributed by atoms with E-state index in [0.717, 1.165) is 0 Å². The Bertz CT molecular complexity index is 445. The van der Waals surface area contributed by atoms with E-state index in [1.165, 1.54) is 11.1 Å². The van der Waals surface area contributed by atoms with Gasteiger partial charge in [-0.2, -0.15) is 0 Å². The van der Waals surface area contributed by atoms with Crippen molar-refractivity contribution in [3.8, 4) is 0 Å². The number of nitrogens with one attached hydrogen (secondary N) is 2. The van der Waals surface area contributed by atoms with Crippen LogP contribution in [0.3, 0.4) is 0 Å². The molecule has 0 unspecified atom stereocenters. The van der Waals surface area contributed by atoms with Crippen LogP contribution in [0.5, 0.6) is 0 Å². The van der Waals surface area contributed by atoms with Crippen molar-refractivity contribution in [2.45, 2.75) is 6.92 Å². The number of nitro groups is 1. The van der Waals surface area contributed by atoms with E-state index in [1.807, 2.05) is 0 Å². The fourth-order valence-electron chi connectivity index (χ4n) is 1.25. The molecule has 0 bridgehead atoms. The molecular formula is C10H14N4O3. The Labute approximate surface area is 98.5 Å². The SMILES string of the molecule is Cc1ccc(NC(=O)NN(C)C)cc1[N+](=O)[O-]. The summed E-state index contributed by atoms with van der Waals surface area (Å²) in [6, 6.07) is 4.07. The molecule has 0 radical (unpaired) electrons. The highest BCUT2D eigenvalue weighted by molar-refractivity contribution is 5.89. The maximum atomic E-state index is 11.4. The van der Waals surface area contributed by atoms with E-state index in [4.69, 9.17) is 0 Å². The van der Waals surface area contributed by atoms with Crippen LogP contribution >= 0.6 is 0 Å². The molecule has 1 aromatic carbocycles. The molecule has 2 N–H and O–H groups in total. The molecule has 0 saturated carbocycles. The predicted octanol–water partition coefficient (Wildman–Crippen LogP) is 1.50. The molecule has 0 spiro atoms. The standard InChI is InChI=1S/C10H14N4O3/c1-7-4-5-8(6-9(7)14(16)17)11-10(15)12-13(2)3/h4-6H,1-3H3,(H2,11,12,15). The molecule has 7 nitrogen and oxygen atoms in total. The van der Waals surface area contributed by atoms with Crippen LogP contribution in [0.2, 0.25) is 0 Å². The predicted molar refractivity (Wildman–Crippen MR) is 63.7 cm³/mol. The highest BCUT2D eigenvalue weighted by atomic mass is 16.6. The summed E-state index contributed by atoms with van der Waals surface area (Å²) in [5.41, 5.74) is 3.37. The molecule has 17 heavy (non-hydrogen) atoms. The van der Waals surface area contributed by atoms with Crippen LogP contribution in [0, 0.1) is 17.0 Å². The first-order chi connectivity index (χ1) is 7.90. The van der Waals surface area contributed by atoms with Crippen molar-refractivity contribution < 1.29 is 9.72 Å². The van der Waals surface area contributed by atoms with Crippen LogP contribution < -0.4 is 10.7 Å². The van der Waals surface area contributed by atoms with Gasteiger partial charge in [0.2, 0.25) is 0 Å². The van der Waals surface area contributed by atoms with Crippen molar-refractivity contribution in [3.63, 3.8) is 0 Å². The molecule has 7 heteroatoms. The molecule has 0 saturated heterocycles. The summed E-state index contributed by atoms with van der Waals surface area (Å²) < 4.78 is 0. The average molecular weight is 238 g/mol. The number of hydrogen-bond donors (Lipinski definition) is 2. The lowest BCUT2D eigenvalue weighted by atomic mass is 10.2. The van der Waals surface area contributed by atoms with Gasteiger partial charge in [-0.05, 0) is 13.0 Å². The summed E-state index contributed by atoms with van der Waals surface area (Å²) in [5.74, 6) is 0. The average Bonchev–Trinajstić information content (AvgIpc) is 2.19. The van der Waals surface area contributed by atoms with Gasteiger partial charge in [-0.25, -0.2) is 9.80 Å². The Kier molecular flexibility index (Phi) is 4.00. The summed E-state index contributed by atoms with van der Waals surface area (Å²) in [5, 5.41) is 14.7. The number of nitrogens with zero attached hydrogens (tertiary/aromatic N) is 2. The third kappa shape index (κ3) is 3.72. The lowest BCUT2D eigenvalue weighted by Crippen LogP contribution is -2.39. The van der Waals surface area contributed by atoms with Gasteiger partial charge in [0.15, 0.2) is 0 Å². The monoisotopic (exact) mass is 238 g/mol. The third-order valence-electron chi connectivity index (χ3n) is 1.99. The molecule has 0 aliphatic carbocycles. The number of rotatable bonds is 3. The minimum absolute atomic E-state index is 0.0207. The van der Waals surface area contributed by atoms with Crippen molar-refractivity contribution in [1.29, 1.82) is 0 Å². The molecule has 0 fully saturated rings. The Balaban J connectivity index is 2.82. The summed E-state index contributed by atoms with van der Waals surface area (Å²) in [6.07, 6.45) is 0. The normalized spacial score (nSPS) is 10.1. The molecule has 1 rings (SSSR count). The first-order valence-electron chi connectivity index (χ1n) is 4.90. The second-order valence-electron chi connectivity index (χ2n) is 3.72. The van der Waals surface area contributed by atoms with Gasteiger partial charge in [0.1, 0.15) is 0 Å². The summed E-state index contributed by atoms with van der Waals surface area (Å²) in [7, 11) is 3.33. The van der Waals surface area contributed by atoms with E-state index < -0.39 is 11.0 Å². The zero-order chi connectivity index (χ0) is 13.0. The van der Waals surface area contributed by atoms with Crippen molar-refractivity contribution in [1.82, 2.24) is 10.4 Å². The molecule has 92 valence electrons. The van der Waals surface area contributed by atoms with Crippen LogP contribution in [-0.2, 0) is 0 Å². The molecule has 0 aliphatic rings. The number of benzene rings is 1. The minimum atomic E-state index is -0.482. The highest BCUT2D eigenvalue weighted by Crippen LogP contribution is 2.22. The van der Waals surface area contributed by atoms with Gasteiger partial charge in [0.25, 0.3) is 5.69 Å². The fraction of sp³-hybridized carbons (Fsp3) is 0.300. The molecule has 2 amide bonds. The first kappa shape index (κ1) is 12.9. The maximum Gasteiger partial charge on any atom is 0.333 e. The molecule has 0 heterocycles. The van der Waals surface area contributed by atoms with Gasteiger partial charge in [-0.3, -0.25) is 15.5 Å². The smallest absolute Gasteiger partial charge is 0.307 e. The number of amides is 2. The van der Waals surface area contributed by atoms with E-state index in [9.17, 15) is 14.9 Å². The molecule has 0 atom stereocenters.